The average Bonchev–Trinajstić information content (AvgIpc) is 3.18. The lowest BCUT2D eigenvalue weighted by Gasteiger charge is -2.33. The fraction of sp³-hybridized carbons (Fsp3) is 0.393. The van der Waals surface area contributed by atoms with Gasteiger partial charge in [0.05, 0.1) is 11.9 Å². The number of amides is 3. The van der Waals surface area contributed by atoms with E-state index in [1.165, 1.54) is 16.7 Å². The number of phenols is 1. The van der Waals surface area contributed by atoms with Gasteiger partial charge in [-0.25, -0.2) is 0 Å². The van der Waals surface area contributed by atoms with Crippen molar-refractivity contribution in [2.24, 2.45) is 0 Å². The molecule has 3 rings (SSSR count). The van der Waals surface area contributed by atoms with Crippen molar-refractivity contribution >= 4 is 29.5 Å². The number of nitrogens with one attached hydrogen (secondary N) is 2. The quantitative estimate of drug-likeness (QED) is 0.374. The molecule has 0 aliphatic carbocycles. The molecule has 0 radical (unpaired) electrons. The largest absolute Gasteiger partial charge is 0.508 e. The third kappa shape index (κ3) is 6.53. The lowest BCUT2D eigenvalue weighted by molar-refractivity contribution is -0.147. The summed E-state index contributed by atoms with van der Waals surface area (Å²) >= 11 is 1.45. The molecule has 1 aliphatic heterocycles. The summed E-state index contributed by atoms with van der Waals surface area (Å²) in [6.07, 6.45) is 0.144. The van der Waals surface area contributed by atoms with Gasteiger partial charge in [-0.2, -0.15) is 0 Å². The van der Waals surface area contributed by atoms with Gasteiger partial charge in [-0.3, -0.25) is 14.4 Å². The molecule has 3 amide bonds. The number of thioether (sulfide) groups is 1. The highest BCUT2D eigenvalue weighted by atomic mass is 32.2. The van der Waals surface area contributed by atoms with Gasteiger partial charge in [-0.05, 0) is 57.4 Å². The second-order valence-electron chi connectivity index (χ2n) is 9.79. The second kappa shape index (κ2) is 11.8. The predicted molar refractivity (Wildman–Crippen MR) is 145 cm³/mol. The standard InChI is InChI=1S/C28H35N3O5S/c1-6-12-29-26(35)24-28(4,5)37-16-31(24)27(36)23(33)21(15-19-10-8-7-9-11-19)30-25(34)20-13-17(2)14-22(32)18(20)3/h6-11,13-14,21,23-24,32-33H,1,12,15-16H2,2-5H3,(H,29,35)(H,30,34)/t21?,23-,24+/m0/s1. The maximum atomic E-state index is 13.6. The van der Waals surface area contributed by atoms with Crippen LogP contribution in [-0.2, 0) is 16.0 Å². The molecule has 4 N–H and O–H groups in total. The van der Waals surface area contributed by atoms with Gasteiger partial charge in [0.1, 0.15) is 11.8 Å². The smallest absolute Gasteiger partial charge is 0.254 e. The Morgan fingerprint density at radius 1 is 1.22 bits per heavy atom. The van der Waals surface area contributed by atoms with E-state index in [0.29, 0.717) is 11.1 Å². The molecule has 1 heterocycles. The zero-order valence-corrected chi connectivity index (χ0v) is 22.5. The first kappa shape index (κ1) is 28.3. The van der Waals surface area contributed by atoms with Crippen LogP contribution in [0.4, 0.5) is 0 Å². The first-order valence-electron chi connectivity index (χ1n) is 12.1. The van der Waals surface area contributed by atoms with Crippen LogP contribution in [0.15, 0.2) is 55.1 Å². The Labute approximate surface area is 222 Å². The van der Waals surface area contributed by atoms with E-state index >= 15 is 0 Å². The minimum atomic E-state index is -1.60. The van der Waals surface area contributed by atoms with Crippen molar-refractivity contribution in [2.75, 3.05) is 12.4 Å². The zero-order chi connectivity index (χ0) is 27.3. The molecule has 2 aromatic rings. The number of benzene rings is 2. The highest BCUT2D eigenvalue weighted by Gasteiger charge is 2.49. The molecule has 198 valence electrons. The highest BCUT2D eigenvalue weighted by Crippen LogP contribution is 2.39. The second-order valence-corrected chi connectivity index (χ2v) is 11.4. The Morgan fingerprint density at radius 2 is 1.89 bits per heavy atom. The Bertz CT molecular complexity index is 1170. The summed E-state index contributed by atoms with van der Waals surface area (Å²) in [5.74, 6) is -1.26. The molecule has 0 spiro atoms. The van der Waals surface area contributed by atoms with Crippen LogP contribution in [0.25, 0.3) is 0 Å². The molecular formula is C28H35N3O5S. The summed E-state index contributed by atoms with van der Waals surface area (Å²) in [7, 11) is 0. The zero-order valence-electron chi connectivity index (χ0n) is 21.7. The van der Waals surface area contributed by atoms with Crippen molar-refractivity contribution in [1.82, 2.24) is 15.5 Å². The maximum absolute atomic E-state index is 13.6. The van der Waals surface area contributed by atoms with Crippen LogP contribution in [-0.4, -0.2) is 68.2 Å². The average molecular weight is 526 g/mol. The first-order chi connectivity index (χ1) is 17.5. The molecule has 0 saturated carbocycles. The molecule has 0 aromatic heterocycles. The number of hydrogen-bond acceptors (Lipinski definition) is 6. The third-order valence-corrected chi connectivity index (χ3v) is 7.89. The van der Waals surface area contributed by atoms with Crippen molar-refractivity contribution < 1.29 is 24.6 Å². The number of aryl methyl sites for hydroxylation is 1. The van der Waals surface area contributed by atoms with Crippen molar-refractivity contribution in [2.45, 2.75) is 57.1 Å². The molecule has 1 aliphatic rings. The lowest BCUT2D eigenvalue weighted by Crippen LogP contribution is -2.58. The fourth-order valence-electron chi connectivity index (χ4n) is 4.46. The van der Waals surface area contributed by atoms with Crippen LogP contribution in [0.2, 0.25) is 0 Å². The number of nitrogens with zero attached hydrogens (tertiary/aromatic N) is 1. The number of hydrogen-bond donors (Lipinski definition) is 4. The number of aromatic hydroxyl groups is 1. The van der Waals surface area contributed by atoms with Gasteiger partial charge in [0.15, 0.2) is 6.10 Å². The normalized spacial score (nSPS) is 18.1. The molecule has 37 heavy (non-hydrogen) atoms. The Hall–Kier alpha value is -3.30. The van der Waals surface area contributed by atoms with E-state index in [-0.39, 0.29) is 36.1 Å². The van der Waals surface area contributed by atoms with Crippen molar-refractivity contribution in [3.63, 3.8) is 0 Å². The van der Waals surface area contributed by atoms with Crippen LogP contribution in [0.3, 0.4) is 0 Å². The van der Waals surface area contributed by atoms with Gasteiger partial charge in [0.25, 0.3) is 11.8 Å². The molecule has 9 heteroatoms. The predicted octanol–water partition coefficient (Wildman–Crippen LogP) is 2.69. The Kier molecular flexibility index (Phi) is 9.04. The molecule has 3 atom stereocenters. The molecule has 2 aromatic carbocycles. The van der Waals surface area contributed by atoms with Crippen molar-refractivity contribution in [1.29, 1.82) is 0 Å². The van der Waals surface area contributed by atoms with Crippen LogP contribution in [0.1, 0.15) is 40.9 Å². The van der Waals surface area contributed by atoms with E-state index in [9.17, 15) is 24.6 Å². The number of phenolic OH excluding ortho intramolecular Hbond substituents is 1. The molecular weight excluding hydrogens is 490 g/mol. The molecule has 1 fully saturated rings. The number of aliphatic hydroxyl groups excluding tert-OH is 1. The van der Waals surface area contributed by atoms with Crippen LogP contribution < -0.4 is 10.6 Å². The van der Waals surface area contributed by atoms with Crippen LogP contribution >= 0.6 is 11.8 Å². The number of carbonyl (C=O) groups excluding carboxylic acids is 3. The maximum Gasteiger partial charge on any atom is 0.254 e. The molecule has 1 saturated heterocycles. The van der Waals surface area contributed by atoms with Gasteiger partial charge in [-0.1, -0.05) is 36.4 Å². The molecule has 8 nitrogen and oxygen atoms in total. The summed E-state index contributed by atoms with van der Waals surface area (Å²) < 4.78 is -0.574. The summed E-state index contributed by atoms with van der Waals surface area (Å²) in [6, 6.07) is 10.7. The van der Waals surface area contributed by atoms with Gasteiger partial charge >= 0.3 is 0 Å². The Morgan fingerprint density at radius 3 is 2.54 bits per heavy atom. The minimum absolute atomic E-state index is 0.00825. The van der Waals surface area contributed by atoms with E-state index in [4.69, 9.17) is 0 Å². The van der Waals surface area contributed by atoms with Crippen molar-refractivity contribution in [3.05, 3.63) is 77.4 Å². The monoisotopic (exact) mass is 525 g/mol. The first-order valence-corrected chi connectivity index (χ1v) is 13.1. The van der Waals surface area contributed by atoms with Crippen LogP contribution in [0, 0.1) is 13.8 Å². The highest BCUT2D eigenvalue weighted by molar-refractivity contribution is 8.00. The number of aliphatic hydroxyl groups is 1. The summed E-state index contributed by atoms with van der Waals surface area (Å²) in [5.41, 5.74) is 2.18. The SMILES string of the molecule is C=CCNC(=O)[C@H]1N(C(=O)[C@@H](O)C(Cc2ccccc2)NC(=O)c2cc(C)cc(O)c2C)CSC1(C)C. The molecule has 1 unspecified atom stereocenters. The summed E-state index contributed by atoms with van der Waals surface area (Å²) in [6.45, 7) is 11.0. The van der Waals surface area contributed by atoms with Crippen LogP contribution in [0.5, 0.6) is 5.75 Å². The van der Waals surface area contributed by atoms with E-state index in [1.807, 2.05) is 44.2 Å². The van der Waals surface area contributed by atoms with E-state index < -0.39 is 34.7 Å². The fourth-order valence-corrected chi connectivity index (χ4v) is 5.60. The topological polar surface area (TPSA) is 119 Å². The number of carbonyl (C=O) groups is 3. The van der Waals surface area contributed by atoms with Gasteiger partial charge in [0.2, 0.25) is 5.91 Å². The van der Waals surface area contributed by atoms with E-state index in [0.717, 1.165) is 5.56 Å². The van der Waals surface area contributed by atoms with Gasteiger partial charge in [-0.15, -0.1) is 18.3 Å². The summed E-state index contributed by atoms with van der Waals surface area (Å²) in [5, 5.41) is 27.1. The van der Waals surface area contributed by atoms with E-state index in [1.54, 1.807) is 32.1 Å². The van der Waals surface area contributed by atoms with Gasteiger partial charge < -0.3 is 25.7 Å². The minimum Gasteiger partial charge on any atom is -0.508 e. The Balaban J connectivity index is 1.90. The molecule has 0 bridgehead atoms. The third-order valence-electron chi connectivity index (χ3n) is 6.52. The lowest BCUT2D eigenvalue weighted by atomic mass is 9.96. The van der Waals surface area contributed by atoms with E-state index in [2.05, 4.69) is 17.2 Å². The number of rotatable bonds is 9. The van der Waals surface area contributed by atoms with Gasteiger partial charge in [0, 0.05) is 22.4 Å². The van der Waals surface area contributed by atoms with Crippen molar-refractivity contribution in [3.8, 4) is 5.75 Å². The summed E-state index contributed by atoms with van der Waals surface area (Å²) in [4.78, 5) is 41.2.